The number of carboxylic acids is 1. The fraction of sp³-hybridized carbons (Fsp3) is 0.294. The van der Waals surface area contributed by atoms with Crippen molar-refractivity contribution in [3.05, 3.63) is 52.8 Å². The summed E-state index contributed by atoms with van der Waals surface area (Å²) in [7, 11) is 0. The molecule has 0 saturated heterocycles. The number of aliphatic hydroxyl groups excluding tert-OH is 1. The van der Waals surface area contributed by atoms with Gasteiger partial charge in [0.05, 0.1) is 12.3 Å². The fourth-order valence-corrected chi connectivity index (χ4v) is 2.36. The highest BCUT2D eigenvalue weighted by Gasteiger charge is 2.19. The average Bonchev–Trinajstić information content (AvgIpc) is 2.56. The van der Waals surface area contributed by atoms with Crippen LogP contribution in [0.15, 0.2) is 30.5 Å². The van der Waals surface area contributed by atoms with Crippen LogP contribution < -0.4 is 5.32 Å². The van der Waals surface area contributed by atoms with Crippen LogP contribution in [0.5, 0.6) is 11.5 Å². The van der Waals surface area contributed by atoms with Gasteiger partial charge in [-0.1, -0.05) is 12.1 Å². The van der Waals surface area contributed by atoms with Crippen molar-refractivity contribution in [2.75, 3.05) is 0 Å². The number of aromatic nitrogens is 1. The Morgan fingerprint density at radius 3 is 2.50 bits per heavy atom. The normalized spacial score (nSPS) is 12.1. The molecule has 0 amide bonds. The van der Waals surface area contributed by atoms with E-state index < -0.39 is 12.0 Å². The van der Waals surface area contributed by atoms with Crippen molar-refractivity contribution in [1.29, 1.82) is 0 Å². The molecule has 0 bridgehead atoms. The molecule has 0 unspecified atom stereocenters. The van der Waals surface area contributed by atoms with Gasteiger partial charge < -0.3 is 20.4 Å². The van der Waals surface area contributed by atoms with Crippen LogP contribution in [0.4, 0.5) is 0 Å². The minimum Gasteiger partial charge on any atom is -0.508 e. The largest absolute Gasteiger partial charge is 0.508 e. The zero-order valence-electron chi connectivity index (χ0n) is 13.2. The molecule has 0 saturated carbocycles. The van der Waals surface area contributed by atoms with E-state index >= 15 is 0 Å². The monoisotopic (exact) mass is 332 g/mol. The lowest BCUT2D eigenvalue weighted by Crippen LogP contribution is -2.38. The molecule has 1 aromatic heterocycles. The number of aliphatic hydroxyl groups is 1. The lowest BCUT2D eigenvalue weighted by atomic mass is 10.0. The highest BCUT2D eigenvalue weighted by Crippen LogP contribution is 2.24. The lowest BCUT2D eigenvalue weighted by molar-refractivity contribution is -0.139. The van der Waals surface area contributed by atoms with Crippen molar-refractivity contribution in [3.63, 3.8) is 0 Å². The van der Waals surface area contributed by atoms with Gasteiger partial charge in [-0.3, -0.25) is 15.1 Å². The number of phenols is 1. The van der Waals surface area contributed by atoms with Gasteiger partial charge in [-0.2, -0.15) is 0 Å². The highest BCUT2D eigenvalue weighted by molar-refractivity contribution is 5.74. The van der Waals surface area contributed by atoms with E-state index in [1.165, 1.54) is 18.3 Å². The number of nitrogens with zero attached hydrogens (tertiary/aromatic N) is 1. The van der Waals surface area contributed by atoms with Gasteiger partial charge in [-0.25, -0.2) is 0 Å². The third-order valence-electron chi connectivity index (χ3n) is 3.80. The molecule has 5 N–H and O–H groups in total. The molecule has 7 nitrogen and oxygen atoms in total. The smallest absolute Gasteiger partial charge is 0.321 e. The molecule has 0 spiro atoms. The average molecular weight is 332 g/mol. The van der Waals surface area contributed by atoms with E-state index in [-0.39, 0.29) is 31.1 Å². The van der Waals surface area contributed by atoms with Gasteiger partial charge in [0.2, 0.25) is 0 Å². The second-order valence-corrected chi connectivity index (χ2v) is 5.50. The van der Waals surface area contributed by atoms with Crippen molar-refractivity contribution in [1.82, 2.24) is 10.3 Å². The maximum Gasteiger partial charge on any atom is 0.321 e. The Hall–Kier alpha value is -2.64. The van der Waals surface area contributed by atoms with E-state index in [1.807, 2.05) is 0 Å². The number of aromatic hydroxyl groups is 2. The summed E-state index contributed by atoms with van der Waals surface area (Å²) in [6.45, 7) is 1.42. The third kappa shape index (κ3) is 4.21. The summed E-state index contributed by atoms with van der Waals surface area (Å²) in [6, 6.07) is 5.42. The summed E-state index contributed by atoms with van der Waals surface area (Å²) >= 11 is 0. The van der Waals surface area contributed by atoms with Crippen LogP contribution in [0.25, 0.3) is 0 Å². The number of phenolic OH excluding ortho intramolecular Hbond substituents is 1. The molecule has 0 fully saturated rings. The van der Waals surface area contributed by atoms with E-state index in [4.69, 9.17) is 0 Å². The van der Waals surface area contributed by atoms with Crippen LogP contribution in [0.2, 0.25) is 0 Å². The molecule has 0 aliphatic heterocycles. The quantitative estimate of drug-likeness (QED) is 0.514. The number of hydrogen-bond acceptors (Lipinski definition) is 6. The second kappa shape index (κ2) is 7.76. The molecule has 0 aliphatic rings. The van der Waals surface area contributed by atoms with Crippen molar-refractivity contribution >= 4 is 5.97 Å². The minimum atomic E-state index is -1.03. The number of nitrogens with one attached hydrogen (secondary N) is 1. The molecule has 1 atom stereocenters. The molecule has 7 heteroatoms. The first-order valence-electron chi connectivity index (χ1n) is 7.43. The van der Waals surface area contributed by atoms with Gasteiger partial charge >= 0.3 is 5.97 Å². The Labute approximate surface area is 139 Å². The maximum absolute atomic E-state index is 11.5. The number of aryl methyl sites for hydroxylation is 1. The fourth-order valence-electron chi connectivity index (χ4n) is 2.36. The van der Waals surface area contributed by atoms with Crippen LogP contribution >= 0.6 is 0 Å². The molecule has 0 radical (unpaired) electrons. The summed E-state index contributed by atoms with van der Waals surface area (Å²) in [5, 5.41) is 41.0. The van der Waals surface area contributed by atoms with Gasteiger partial charge in [-0.05, 0) is 31.0 Å². The van der Waals surface area contributed by atoms with Crippen molar-refractivity contribution in [3.8, 4) is 11.5 Å². The SMILES string of the molecule is Cc1ncc(CO)c(CN[C@@H](Cc2ccc(O)cc2)C(=O)O)c1O. The molecular formula is C17H20N2O5. The summed E-state index contributed by atoms with van der Waals surface area (Å²) < 4.78 is 0. The zero-order valence-corrected chi connectivity index (χ0v) is 13.2. The molecule has 24 heavy (non-hydrogen) atoms. The Bertz CT molecular complexity index is 716. The van der Waals surface area contributed by atoms with Gasteiger partial charge in [0.1, 0.15) is 17.5 Å². The van der Waals surface area contributed by atoms with E-state index in [1.54, 1.807) is 19.1 Å². The Morgan fingerprint density at radius 1 is 1.25 bits per heavy atom. The molecule has 1 heterocycles. The van der Waals surface area contributed by atoms with Gasteiger partial charge in [0, 0.05) is 23.9 Å². The molecule has 2 aromatic rings. The van der Waals surface area contributed by atoms with Crippen molar-refractivity contribution in [2.24, 2.45) is 0 Å². The standard InChI is InChI=1S/C17H20N2O5/c1-10-16(22)14(12(9-20)7-18-10)8-19-15(17(23)24)6-11-2-4-13(21)5-3-11/h2-5,7,15,19-22H,6,8-9H2,1H3,(H,23,24)/t15-/m0/s1. The van der Waals surface area contributed by atoms with Crippen LogP contribution in [0.1, 0.15) is 22.4 Å². The predicted molar refractivity (Wildman–Crippen MR) is 86.6 cm³/mol. The van der Waals surface area contributed by atoms with Crippen molar-refractivity contribution in [2.45, 2.75) is 32.5 Å². The number of carbonyl (C=O) groups is 1. The third-order valence-corrected chi connectivity index (χ3v) is 3.80. The van der Waals surface area contributed by atoms with Crippen LogP contribution in [-0.2, 0) is 24.4 Å². The predicted octanol–water partition coefficient (Wildman–Crippen LogP) is 1.08. The highest BCUT2D eigenvalue weighted by atomic mass is 16.4. The van der Waals surface area contributed by atoms with E-state index in [9.17, 15) is 25.2 Å². The number of benzene rings is 1. The van der Waals surface area contributed by atoms with E-state index in [0.717, 1.165) is 5.56 Å². The zero-order chi connectivity index (χ0) is 17.7. The second-order valence-electron chi connectivity index (χ2n) is 5.50. The molecule has 1 aromatic carbocycles. The number of pyridine rings is 1. The van der Waals surface area contributed by atoms with Crippen LogP contribution in [0.3, 0.4) is 0 Å². The molecule has 0 aliphatic carbocycles. The Kier molecular flexibility index (Phi) is 5.73. The minimum absolute atomic E-state index is 0.0529. The molecular weight excluding hydrogens is 312 g/mol. The Balaban J connectivity index is 2.13. The van der Waals surface area contributed by atoms with Gasteiger partial charge in [0.25, 0.3) is 0 Å². The number of aliphatic carboxylic acids is 1. The number of hydrogen-bond donors (Lipinski definition) is 5. The van der Waals surface area contributed by atoms with Crippen LogP contribution in [0, 0.1) is 6.92 Å². The van der Waals surface area contributed by atoms with Crippen LogP contribution in [-0.4, -0.2) is 37.4 Å². The van der Waals surface area contributed by atoms with E-state index in [2.05, 4.69) is 10.3 Å². The summed E-state index contributed by atoms with van der Waals surface area (Å²) in [4.78, 5) is 15.4. The van der Waals surface area contributed by atoms with Gasteiger partial charge in [0.15, 0.2) is 0 Å². The number of carboxylic acid groups (broad SMARTS) is 1. The van der Waals surface area contributed by atoms with E-state index in [0.29, 0.717) is 16.8 Å². The lowest BCUT2D eigenvalue weighted by Gasteiger charge is -2.17. The maximum atomic E-state index is 11.5. The summed E-state index contributed by atoms with van der Waals surface area (Å²) in [6.07, 6.45) is 1.68. The van der Waals surface area contributed by atoms with Crippen molar-refractivity contribution < 1.29 is 25.2 Å². The topological polar surface area (TPSA) is 123 Å². The first kappa shape index (κ1) is 17.7. The number of rotatable bonds is 7. The van der Waals surface area contributed by atoms with Gasteiger partial charge in [-0.15, -0.1) is 0 Å². The molecule has 128 valence electrons. The first-order chi connectivity index (χ1) is 11.4. The summed E-state index contributed by atoms with van der Waals surface area (Å²) in [5.74, 6) is -0.968. The first-order valence-corrected chi connectivity index (χ1v) is 7.43. The Morgan fingerprint density at radius 2 is 1.92 bits per heavy atom. The summed E-state index contributed by atoms with van der Waals surface area (Å²) in [5.41, 5.74) is 2.04. The molecule has 2 rings (SSSR count).